The first-order valence-electron chi connectivity index (χ1n) is 30.3. The third-order valence-corrected chi connectivity index (χ3v) is 24.1. The molecule has 0 amide bonds. The van der Waals surface area contributed by atoms with Gasteiger partial charge in [-0.3, -0.25) is 10.1 Å². The van der Waals surface area contributed by atoms with E-state index in [2.05, 4.69) is 94.6 Å². The summed E-state index contributed by atoms with van der Waals surface area (Å²) in [5.74, 6) is 12.4. The zero-order chi connectivity index (χ0) is 53.8. The predicted molar refractivity (Wildman–Crippen MR) is 311 cm³/mol. The fourth-order valence-corrected chi connectivity index (χ4v) is 20.5. The number of unbranched alkanes of at least 4 members (excludes halogenated alkanes) is 2. The predicted octanol–water partition coefficient (Wildman–Crippen LogP) is 12.0. The van der Waals surface area contributed by atoms with Crippen LogP contribution in [-0.2, 0) is 22.4 Å². The number of phenols is 1. The van der Waals surface area contributed by atoms with E-state index in [1.807, 2.05) is 10.8 Å². The standard InChI is InChI=1S/C66H78N4O7S2/c1-2-3-4-13-43(60(75)46-28-39-15-14-38-11-5-6-12-40(38)45(39)29-54(46)73)53(72)20-18-41-49-34-78-79-37-66-35-65(24-9-10-25-65)59-47-31-68-51-33-70(32-48(47)51)63-50(19-21-52(71)42-16-17-44(58(66)57(42)59)62(67)69-36-66)64(22-7-8-23-64)26-27-76-56(30-55(41)74)61(49)77-63/h14-17,28,30-33,38,40,43,45-46,50,52,54,59-60,62-63,68-69,71,73-75H,2-13,18,20,22-25,29,34-37,67H2,1H3/t38-,40-,43-,45-,46+,50-,52+,54+,59-,60+,62+,63+,66-/m1/s1. The average molecular weight is 1100 g/mol. The Bertz CT molecular complexity index is 3250. The Morgan fingerprint density at radius 1 is 1.00 bits per heavy atom. The Hall–Kier alpha value is -4.57. The second-order valence-corrected chi connectivity index (χ2v) is 28.3. The maximum Gasteiger partial charge on any atom is 0.191 e. The second-order valence-electron chi connectivity index (χ2n) is 25.9. The van der Waals surface area contributed by atoms with E-state index in [0.717, 1.165) is 110 Å². The third kappa shape index (κ3) is 8.71. The van der Waals surface area contributed by atoms with Crippen LogP contribution in [0, 0.1) is 70.2 Å². The maximum atomic E-state index is 15.1. The Morgan fingerprint density at radius 3 is 2.67 bits per heavy atom. The molecule has 0 saturated heterocycles. The van der Waals surface area contributed by atoms with Crippen LogP contribution in [0.2, 0.25) is 0 Å². The van der Waals surface area contributed by atoms with Crippen molar-refractivity contribution < 1.29 is 34.7 Å². The zero-order valence-electron chi connectivity index (χ0n) is 45.7. The number of carbonyl (C=O) groups is 1. The molecule has 0 unspecified atom stereocenters. The summed E-state index contributed by atoms with van der Waals surface area (Å²) < 4.78 is 16.4. The van der Waals surface area contributed by atoms with Gasteiger partial charge in [-0.2, -0.15) is 0 Å². The van der Waals surface area contributed by atoms with Crippen LogP contribution in [0.15, 0.2) is 60.6 Å². The second kappa shape index (κ2) is 20.7. The lowest BCUT2D eigenvalue weighted by molar-refractivity contribution is -0.129. The number of H-pyrrole nitrogens is 1. The van der Waals surface area contributed by atoms with Crippen LogP contribution < -0.4 is 20.5 Å². The zero-order valence-corrected chi connectivity index (χ0v) is 47.4. The minimum absolute atomic E-state index is 0.00514. The highest BCUT2D eigenvalue weighted by Gasteiger charge is 2.58. The van der Waals surface area contributed by atoms with Gasteiger partial charge in [-0.05, 0) is 121 Å². The van der Waals surface area contributed by atoms with E-state index in [-0.39, 0.29) is 53.2 Å². The number of aromatic hydroxyl groups is 1. The van der Waals surface area contributed by atoms with Crippen molar-refractivity contribution in [3.8, 4) is 41.1 Å². The molecule has 2 aromatic heterocycles. The molecule has 8 N–H and O–H groups in total. The number of phenolic OH excluding ortho intramolecular Hbond substituents is 1. The van der Waals surface area contributed by atoms with Crippen molar-refractivity contribution in [1.82, 2.24) is 14.9 Å². The van der Waals surface area contributed by atoms with E-state index in [1.165, 1.54) is 47.9 Å². The summed E-state index contributed by atoms with van der Waals surface area (Å²) in [6.07, 6.45) is 30.5. The molecule has 3 spiro atoms. The summed E-state index contributed by atoms with van der Waals surface area (Å²) >= 11 is 0. The Kier molecular flexibility index (Phi) is 13.8. The smallest absolute Gasteiger partial charge is 0.191 e. The fraction of sp³-hybridized carbons (Fsp3) is 0.591. The van der Waals surface area contributed by atoms with Crippen molar-refractivity contribution in [3.05, 3.63) is 99.5 Å². The highest BCUT2D eigenvalue weighted by molar-refractivity contribution is 8.76. The van der Waals surface area contributed by atoms with Crippen molar-refractivity contribution in [1.29, 1.82) is 0 Å². The molecule has 3 fully saturated rings. The lowest BCUT2D eigenvalue weighted by Gasteiger charge is -2.56. The number of rotatable bonds is 10. The molecular formula is C66H78N4O7S2. The van der Waals surface area contributed by atoms with Crippen molar-refractivity contribution in [2.75, 3.05) is 12.3 Å². The first-order chi connectivity index (χ1) is 38.5. The minimum atomic E-state index is -1.09. The highest BCUT2D eigenvalue weighted by Crippen LogP contribution is 2.66. The van der Waals surface area contributed by atoms with Crippen LogP contribution >= 0.6 is 21.6 Å². The summed E-state index contributed by atoms with van der Waals surface area (Å²) in [7, 11) is 3.56. The van der Waals surface area contributed by atoms with E-state index < -0.39 is 47.7 Å². The number of aliphatic hydroxyl groups is 3. The molecule has 2 aromatic carbocycles. The number of ketones is 1. The first-order valence-corrected chi connectivity index (χ1v) is 32.8. The number of hydrogen-bond donors (Lipinski definition) is 7. The summed E-state index contributed by atoms with van der Waals surface area (Å²) in [6.45, 7) is 2.85. The summed E-state index contributed by atoms with van der Waals surface area (Å²) in [5.41, 5.74) is 15.3. The van der Waals surface area contributed by atoms with Crippen LogP contribution in [0.3, 0.4) is 0 Å². The fourth-order valence-electron chi connectivity index (χ4n) is 17.8. The Morgan fingerprint density at radius 2 is 1.82 bits per heavy atom. The quantitative estimate of drug-likeness (QED) is 0.0457. The number of nitrogens with one attached hydrogen (secondary N) is 2. The van der Waals surface area contributed by atoms with Crippen LogP contribution in [0.1, 0.15) is 192 Å². The molecule has 6 aliphatic carbocycles. The number of nitrogens with zero attached hydrogens (tertiary/aromatic N) is 1. The van der Waals surface area contributed by atoms with Gasteiger partial charge in [-0.15, -0.1) is 0 Å². The van der Waals surface area contributed by atoms with Gasteiger partial charge in [0.25, 0.3) is 0 Å². The van der Waals surface area contributed by atoms with Crippen LogP contribution in [0.25, 0.3) is 10.9 Å². The number of allylic oxidation sites excluding steroid dienone is 3. The molecule has 10 bridgehead atoms. The number of Topliss-reactive ketones (excluding diaryl/α,β-unsaturated/α-hetero) is 1. The molecule has 4 aromatic rings. The number of nitrogens with two attached hydrogens (primary N) is 1. The van der Waals surface area contributed by atoms with Gasteiger partial charge in [-0.1, -0.05) is 134 Å². The summed E-state index contributed by atoms with van der Waals surface area (Å²) in [5, 5.41) is 54.6. The monoisotopic (exact) mass is 1100 g/mol. The molecule has 13 heteroatoms. The third-order valence-electron chi connectivity index (χ3n) is 21.6. The Balaban J connectivity index is 0.893. The average Bonchev–Trinajstić information content (AvgIpc) is 2.67. The van der Waals surface area contributed by atoms with Gasteiger partial charge >= 0.3 is 0 Å². The Labute approximate surface area is 473 Å². The van der Waals surface area contributed by atoms with E-state index in [1.54, 1.807) is 16.9 Å². The molecular weight excluding hydrogens is 1020 g/mol. The number of hydrogen-bond acceptors (Lipinski definition) is 11. The molecule has 13 atom stereocenters. The SMILES string of the molecule is CCCCC[C@H](C(=O)CCc1c(O)cc2c3c1CSSC[C@@]14CN[C@H](N)c5ccc6c(c51)[C@@H](c1c[nH]c5cn(cc15)[C@@H](O3)[C@@H](C#C[C@@H]6O)C1(C#CO2)CCCC1)C1(CCCC1)C4)[C@H](O)[C@H]1C=C2C=C[C@H]3CCCC[C@H]3[C@@H]2C[C@@H]1O. The number of benzene rings is 2. The van der Waals surface area contributed by atoms with Gasteiger partial charge in [0.05, 0.1) is 35.2 Å². The molecule has 6 aliphatic heterocycles. The van der Waals surface area contributed by atoms with E-state index >= 15 is 4.79 Å². The molecule has 3 saturated carbocycles. The molecule has 11 nitrogen and oxygen atoms in total. The summed E-state index contributed by atoms with van der Waals surface area (Å²) in [6, 6.07) is 5.89. The van der Waals surface area contributed by atoms with E-state index in [9.17, 15) is 20.4 Å². The normalized spacial score (nSPS) is 32.9. The van der Waals surface area contributed by atoms with Crippen LogP contribution in [-0.4, -0.2) is 60.3 Å². The number of carbonyl (C=O) groups excluding carboxylic acids is 1. The molecule has 79 heavy (non-hydrogen) atoms. The van der Waals surface area contributed by atoms with Gasteiger partial charge in [-0.25, -0.2) is 0 Å². The largest absolute Gasteiger partial charge is 0.508 e. The molecule has 416 valence electrons. The van der Waals surface area contributed by atoms with Gasteiger partial charge < -0.3 is 45.2 Å². The number of aromatic nitrogens is 2. The number of fused-ring (bicyclic) bond motifs is 4. The summed E-state index contributed by atoms with van der Waals surface area (Å²) in [4.78, 5) is 18.8. The van der Waals surface area contributed by atoms with Crippen LogP contribution in [0.5, 0.6) is 17.2 Å². The van der Waals surface area contributed by atoms with Gasteiger partial charge in [0, 0.05) is 88.8 Å². The molecule has 16 rings (SSSR count). The lowest BCUT2D eigenvalue weighted by atomic mass is 9.51. The van der Waals surface area contributed by atoms with E-state index in [0.29, 0.717) is 54.0 Å². The highest BCUT2D eigenvalue weighted by atomic mass is 33.1. The van der Waals surface area contributed by atoms with Gasteiger partial charge in [0.1, 0.15) is 23.7 Å². The van der Waals surface area contributed by atoms with Crippen molar-refractivity contribution in [2.24, 2.45) is 52.1 Å². The molecule has 0 radical (unpaired) electrons. The van der Waals surface area contributed by atoms with Crippen molar-refractivity contribution in [2.45, 2.75) is 183 Å². The van der Waals surface area contributed by atoms with Crippen molar-refractivity contribution >= 4 is 38.3 Å². The lowest BCUT2D eigenvalue weighted by Crippen LogP contribution is -2.56. The van der Waals surface area contributed by atoms with Crippen LogP contribution in [0.4, 0.5) is 0 Å². The first kappa shape index (κ1) is 52.5. The minimum Gasteiger partial charge on any atom is -0.508 e. The number of aliphatic hydroxyl groups excluding tert-OH is 3. The van der Waals surface area contributed by atoms with Crippen molar-refractivity contribution in [3.63, 3.8) is 0 Å². The van der Waals surface area contributed by atoms with Gasteiger partial charge in [0.2, 0.25) is 0 Å². The molecule has 12 aliphatic rings. The van der Waals surface area contributed by atoms with E-state index in [4.69, 9.17) is 15.2 Å². The van der Waals surface area contributed by atoms with Gasteiger partial charge in [0.15, 0.2) is 17.7 Å². The number of aromatic amines is 1. The topological polar surface area (TPSA) is 175 Å². The number of ether oxygens (including phenoxy) is 2. The maximum absolute atomic E-state index is 15.1. The molecule has 8 heterocycles.